The second-order valence-electron chi connectivity index (χ2n) is 6.08. The highest BCUT2D eigenvalue weighted by molar-refractivity contribution is 5.64. The third-order valence-corrected chi connectivity index (χ3v) is 3.99. The second kappa shape index (κ2) is 9.64. The van der Waals surface area contributed by atoms with Crippen LogP contribution >= 0.6 is 0 Å². The van der Waals surface area contributed by atoms with Crippen molar-refractivity contribution in [2.45, 2.75) is 13.0 Å². The lowest BCUT2D eigenvalue weighted by Crippen LogP contribution is -2.10. The smallest absolute Gasteiger partial charge is 0.225 e. The fourth-order valence-corrected chi connectivity index (χ4v) is 2.59. The summed E-state index contributed by atoms with van der Waals surface area (Å²) in [6, 6.07) is 18.3. The molecule has 0 spiro atoms. The highest BCUT2D eigenvalue weighted by Crippen LogP contribution is 2.21. The van der Waals surface area contributed by atoms with Crippen LogP contribution < -0.4 is 10.6 Å². The number of benzene rings is 2. The molecular weight excluding hydrogens is 343 g/mol. The standard InChI is InChI=1S/C21H23FN4O/c1-27-13-5-12-23-21-25-19(17-6-3-2-4-7-17)14-20(26-21)24-15-16-8-10-18(22)11-9-16/h2-4,6-11,14H,5,12-13,15H2,1H3,(H2,23,24,25,26). The monoisotopic (exact) mass is 366 g/mol. The van der Waals surface area contributed by atoms with Crippen molar-refractivity contribution < 1.29 is 9.13 Å². The first-order valence-electron chi connectivity index (χ1n) is 8.90. The number of ether oxygens (including phenoxy) is 1. The van der Waals surface area contributed by atoms with Crippen molar-refractivity contribution in [3.63, 3.8) is 0 Å². The van der Waals surface area contributed by atoms with Crippen LogP contribution in [0.25, 0.3) is 11.3 Å². The Labute approximate surface area is 158 Å². The Morgan fingerprint density at radius 3 is 2.48 bits per heavy atom. The molecule has 0 aliphatic carbocycles. The Balaban J connectivity index is 1.77. The van der Waals surface area contributed by atoms with Gasteiger partial charge in [-0.2, -0.15) is 4.98 Å². The summed E-state index contributed by atoms with van der Waals surface area (Å²) in [4.78, 5) is 9.16. The van der Waals surface area contributed by atoms with Gasteiger partial charge in [-0.25, -0.2) is 9.37 Å². The zero-order valence-electron chi connectivity index (χ0n) is 15.3. The number of rotatable bonds is 9. The van der Waals surface area contributed by atoms with Crippen molar-refractivity contribution in [1.29, 1.82) is 0 Å². The van der Waals surface area contributed by atoms with E-state index in [1.165, 1.54) is 12.1 Å². The minimum atomic E-state index is -0.241. The lowest BCUT2D eigenvalue weighted by atomic mass is 10.1. The number of hydrogen-bond donors (Lipinski definition) is 2. The summed E-state index contributed by atoms with van der Waals surface area (Å²) in [7, 11) is 1.68. The summed E-state index contributed by atoms with van der Waals surface area (Å²) in [5, 5.41) is 6.54. The van der Waals surface area contributed by atoms with Crippen LogP contribution in [-0.4, -0.2) is 30.2 Å². The molecule has 0 amide bonds. The van der Waals surface area contributed by atoms with Crippen molar-refractivity contribution >= 4 is 11.8 Å². The van der Waals surface area contributed by atoms with Crippen LogP contribution in [0.2, 0.25) is 0 Å². The Morgan fingerprint density at radius 2 is 1.74 bits per heavy atom. The molecule has 0 fully saturated rings. The molecule has 2 aromatic carbocycles. The lowest BCUT2D eigenvalue weighted by molar-refractivity contribution is 0.197. The van der Waals surface area contributed by atoms with Crippen LogP contribution in [0.4, 0.5) is 16.2 Å². The molecule has 0 aliphatic heterocycles. The van der Waals surface area contributed by atoms with Gasteiger partial charge in [0.05, 0.1) is 5.69 Å². The molecule has 27 heavy (non-hydrogen) atoms. The molecule has 0 radical (unpaired) electrons. The number of anilines is 2. The maximum Gasteiger partial charge on any atom is 0.225 e. The third kappa shape index (κ3) is 5.76. The van der Waals surface area contributed by atoms with Crippen LogP contribution in [0.3, 0.4) is 0 Å². The van der Waals surface area contributed by atoms with Crippen molar-refractivity contribution in [1.82, 2.24) is 9.97 Å². The minimum Gasteiger partial charge on any atom is -0.385 e. The van der Waals surface area contributed by atoms with Gasteiger partial charge in [-0.1, -0.05) is 42.5 Å². The topological polar surface area (TPSA) is 59.1 Å². The van der Waals surface area contributed by atoms with E-state index in [0.29, 0.717) is 24.9 Å². The Bertz CT molecular complexity index is 841. The summed E-state index contributed by atoms with van der Waals surface area (Å²) >= 11 is 0. The van der Waals surface area contributed by atoms with Crippen LogP contribution in [-0.2, 0) is 11.3 Å². The highest BCUT2D eigenvalue weighted by Gasteiger charge is 2.07. The largest absolute Gasteiger partial charge is 0.385 e. The van der Waals surface area contributed by atoms with Crippen molar-refractivity contribution in [2.75, 3.05) is 30.9 Å². The minimum absolute atomic E-state index is 0.241. The van der Waals surface area contributed by atoms with Crippen molar-refractivity contribution in [3.05, 3.63) is 72.0 Å². The van der Waals surface area contributed by atoms with Crippen molar-refractivity contribution in [2.24, 2.45) is 0 Å². The van der Waals surface area contributed by atoms with Gasteiger partial charge < -0.3 is 15.4 Å². The molecule has 1 heterocycles. The molecule has 0 unspecified atom stereocenters. The molecule has 3 rings (SSSR count). The molecule has 0 saturated carbocycles. The number of nitrogens with one attached hydrogen (secondary N) is 2. The molecular formula is C21H23FN4O. The lowest BCUT2D eigenvalue weighted by Gasteiger charge is -2.11. The third-order valence-electron chi connectivity index (χ3n) is 3.99. The van der Waals surface area contributed by atoms with Gasteiger partial charge in [-0.05, 0) is 24.1 Å². The van der Waals surface area contributed by atoms with E-state index in [2.05, 4.69) is 20.6 Å². The predicted molar refractivity (Wildman–Crippen MR) is 106 cm³/mol. The van der Waals surface area contributed by atoms with Gasteiger partial charge in [0.25, 0.3) is 0 Å². The summed E-state index contributed by atoms with van der Waals surface area (Å²) < 4.78 is 18.1. The Kier molecular flexibility index (Phi) is 6.71. The van der Waals surface area contributed by atoms with E-state index in [0.717, 1.165) is 29.8 Å². The fraction of sp³-hybridized carbons (Fsp3) is 0.238. The quantitative estimate of drug-likeness (QED) is 0.552. The second-order valence-corrected chi connectivity index (χ2v) is 6.08. The molecule has 2 N–H and O–H groups in total. The molecule has 0 bridgehead atoms. The average molecular weight is 366 g/mol. The first-order chi connectivity index (χ1) is 13.2. The van der Waals surface area contributed by atoms with Gasteiger partial charge in [-0.3, -0.25) is 0 Å². The fourth-order valence-electron chi connectivity index (χ4n) is 2.59. The molecule has 0 saturated heterocycles. The van der Waals surface area contributed by atoms with Crippen LogP contribution in [0.15, 0.2) is 60.7 Å². The maximum absolute atomic E-state index is 13.1. The Morgan fingerprint density at radius 1 is 0.963 bits per heavy atom. The number of nitrogens with zero attached hydrogens (tertiary/aromatic N) is 2. The summed E-state index contributed by atoms with van der Waals surface area (Å²) in [6.07, 6.45) is 0.869. The Hall–Kier alpha value is -2.99. The average Bonchev–Trinajstić information content (AvgIpc) is 2.71. The van der Waals surface area contributed by atoms with Crippen LogP contribution in [0.5, 0.6) is 0 Å². The van der Waals surface area contributed by atoms with E-state index in [4.69, 9.17) is 4.74 Å². The zero-order valence-corrected chi connectivity index (χ0v) is 15.3. The molecule has 5 nitrogen and oxygen atoms in total. The highest BCUT2D eigenvalue weighted by atomic mass is 19.1. The molecule has 3 aromatic rings. The summed E-state index contributed by atoms with van der Waals surface area (Å²) in [5.74, 6) is 1.03. The van der Waals surface area contributed by atoms with Gasteiger partial charge in [0.1, 0.15) is 11.6 Å². The molecule has 1 aromatic heterocycles. The van der Waals surface area contributed by atoms with E-state index in [1.807, 2.05) is 36.4 Å². The number of halogens is 1. The van der Waals surface area contributed by atoms with Gasteiger partial charge in [0.15, 0.2) is 0 Å². The molecule has 0 atom stereocenters. The van der Waals surface area contributed by atoms with Gasteiger partial charge in [0.2, 0.25) is 5.95 Å². The predicted octanol–water partition coefficient (Wildman–Crippen LogP) is 4.34. The first kappa shape index (κ1) is 18.8. The van der Waals surface area contributed by atoms with Gasteiger partial charge in [-0.15, -0.1) is 0 Å². The number of hydrogen-bond acceptors (Lipinski definition) is 5. The summed E-state index contributed by atoms with van der Waals surface area (Å²) in [5.41, 5.74) is 2.83. The SMILES string of the molecule is COCCCNc1nc(NCc2ccc(F)cc2)cc(-c2ccccc2)n1. The maximum atomic E-state index is 13.1. The first-order valence-corrected chi connectivity index (χ1v) is 8.90. The van der Waals surface area contributed by atoms with Crippen molar-refractivity contribution in [3.8, 4) is 11.3 Å². The van der Waals surface area contributed by atoms with Crippen LogP contribution in [0, 0.1) is 5.82 Å². The van der Waals surface area contributed by atoms with E-state index in [9.17, 15) is 4.39 Å². The molecule has 6 heteroatoms. The molecule has 0 aliphatic rings. The van der Waals surface area contributed by atoms with Crippen LogP contribution in [0.1, 0.15) is 12.0 Å². The van der Waals surface area contributed by atoms with E-state index < -0.39 is 0 Å². The summed E-state index contributed by atoms with van der Waals surface area (Å²) in [6.45, 7) is 1.96. The van der Waals surface area contributed by atoms with E-state index in [1.54, 1.807) is 19.2 Å². The van der Waals surface area contributed by atoms with Gasteiger partial charge in [0, 0.05) is 38.4 Å². The normalized spacial score (nSPS) is 10.6. The van der Waals surface area contributed by atoms with E-state index >= 15 is 0 Å². The zero-order chi connectivity index (χ0) is 18.9. The number of aromatic nitrogens is 2. The molecule has 140 valence electrons. The van der Waals surface area contributed by atoms with E-state index in [-0.39, 0.29) is 5.82 Å². The number of methoxy groups -OCH3 is 1. The van der Waals surface area contributed by atoms with Gasteiger partial charge >= 0.3 is 0 Å².